The van der Waals surface area contributed by atoms with E-state index in [1.807, 2.05) is 12.3 Å². The van der Waals surface area contributed by atoms with Gasteiger partial charge in [0, 0.05) is 13.7 Å². The van der Waals surface area contributed by atoms with Crippen molar-refractivity contribution in [1.29, 1.82) is 0 Å². The lowest BCUT2D eigenvalue weighted by molar-refractivity contribution is -0.0979. The molecule has 0 atom stereocenters. The third-order valence-corrected chi connectivity index (χ3v) is 0.418. The molecule has 0 heterocycles. The van der Waals surface area contributed by atoms with E-state index in [0.29, 0.717) is 13.2 Å². The van der Waals surface area contributed by atoms with Gasteiger partial charge in [-0.1, -0.05) is 0 Å². The first-order valence-electron chi connectivity index (χ1n) is 2.06. The summed E-state index contributed by atoms with van der Waals surface area (Å²) in [6, 6.07) is 0. The summed E-state index contributed by atoms with van der Waals surface area (Å²) in [6.07, 6.45) is 0. The Morgan fingerprint density at radius 1 is 1.75 bits per heavy atom. The van der Waals surface area contributed by atoms with E-state index < -0.39 is 0 Å². The summed E-state index contributed by atoms with van der Waals surface area (Å²) in [5, 5.41) is 7.87. The number of carbonyl (C=O) groups is 1. The molecule has 0 amide bonds. The van der Waals surface area contributed by atoms with Crippen molar-refractivity contribution in [3.63, 3.8) is 0 Å². The molecule has 50 valence electrons. The van der Waals surface area contributed by atoms with Crippen LogP contribution in [0.5, 0.6) is 0 Å². The van der Waals surface area contributed by atoms with Crippen molar-refractivity contribution in [2.75, 3.05) is 20.3 Å². The van der Waals surface area contributed by atoms with Crippen LogP contribution in [0.2, 0.25) is 0 Å². The van der Waals surface area contributed by atoms with Crippen LogP contribution in [-0.2, 0) is 9.53 Å². The summed E-state index contributed by atoms with van der Waals surface area (Å²) in [7, 11) is 1.58. The Balaban J connectivity index is 0. The smallest absolute Gasteiger partial charge is 0.106 e. The zero-order chi connectivity index (χ0) is 6.83. The molecule has 8 heavy (non-hydrogen) atoms. The molecule has 0 aliphatic heterocycles. The minimum atomic E-state index is 0.497. The van der Waals surface area contributed by atoms with Crippen molar-refractivity contribution >= 4 is 6.79 Å². The molecular formula is C4H11NO3. The Bertz CT molecular complexity index is 30.5. The maximum Gasteiger partial charge on any atom is 0.106 e. The first kappa shape index (κ1) is 10.5. The predicted octanol–water partition coefficient (Wildman–Crippen LogP) is -0.573. The minimum absolute atomic E-state index is 0.497. The van der Waals surface area contributed by atoms with Crippen LogP contribution in [0.3, 0.4) is 0 Å². The molecule has 0 aliphatic rings. The molecule has 0 radical (unpaired) electrons. The van der Waals surface area contributed by atoms with E-state index >= 15 is 0 Å². The number of hydrogen-bond acceptors (Lipinski definition) is 4. The first-order valence-corrected chi connectivity index (χ1v) is 2.06. The van der Waals surface area contributed by atoms with Gasteiger partial charge in [0.2, 0.25) is 0 Å². The lowest BCUT2D eigenvalue weighted by atomic mass is 10.7. The first-order chi connectivity index (χ1) is 3.91. The SMILES string of the molecule is C=O.COCCNO. The molecule has 0 rings (SSSR count). The van der Waals surface area contributed by atoms with Gasteiger partial charge in [0.15, 0.2) is 0 Å². The number of hydrogen-bond donors (Lipinski definition) is 2. The van der Waals surface area contributed by atoms with Gasteiger partial charge in [0.05, 0.1) is 6.61 Å². The monoisotopic (exact) mass is 121 g/mol. The number of hydroxylamine groups is 1. The number of methoxy groups -OCH3 is 1. The van der Waals surface area contributed by atoms with Crippen molar-refractivity contribution < 1.29 is 14.7 Å². The van der Waals surface area contributed by atoms with Crippen molar-refractivity contribution in [3.05, 3.63) is 0 Å². The van der Waals surface area contributed by atoms with Gasteiger partial charge < -0.3 is 14.7 Å². The molecular weight excluding hydrogens is 110 g/mol. The maximum atomic E-state index is 8.00. The topological polar surface area (TPSA) is 58.6 Å². The molecule has 4 nitrogen and oxygen atoms in total. The van der Waals surface area contributed by atoms with Crippen LogP contribution >= 0.6 is 0 Å². The Hall–Kier alpha value is -0.450. The standard InChI is InChI=1S/C3H9NO2.CH2O/c1-6-3-2-4-5;1-2/h4-5H,2-3H2,1H3;1H2. The molecule has 0 fully saturated rings. The van der Waals surface area contributed by atoms with E-state index in [0.717, 1.165) is 0 Å². The fraction of sp³-hybridized carbons (Fsp3) is 0.750. The lowest BCUT2D eigenvalue weighted by Crippen LogP contribution is -2.13. The number of carbonyl (C=O) groups excluding carboxylic acids is 1. The van der Waals surface area contributed by atoms with Gasteiger partial charge in [0.25, 0.3) is 0 Å². The highest BCUT2D eigenvalue weighted by Crippen LogP contribution is 1.57. The third kappa shape index (κ3) is 17.7. The molecule has 2 N–H and O–H groups in total. The fourth-order valence-corrected chi connectivity index (χ4v) is 0.148. The lowest BCUT2D eigenvalue weighted by Gasteiger charge is -1.91. The highest BCUT2D eigenvalue weighted by atomic mass is 16.5. The van der Waals surface area contributed by atoms with E-state index in [1.54, 1.807) is 7.11 Å². The molecule has 0 saturated heterocycles. The van der Waals surface area contributed by atoms with E-state index in [4.69, 9.17) is 10.0 Å². The second kappa shape index (κ2) is 16.0. The second-order valence-electron chi connectivity index (χ2n) is 0.901. The summed E-state index contributed by atoms with van der Waals surface area (Å²) in [5.74, 6) is 0. The molecule has 0 aliphatic carbocycles. The molecule has 0 unspecified atom stereocenters. The quantitative estimate of drug-likeness (QED) is 0.387. The average molecular weight is 121 g/mol. The van der Waals surface area contributed by atoms with Crippen molar-refractivity contribution in [1.82, 2.24) is 5.48 Å². The van der Waals surface area contributed by atoms with Crippen LogP contribution in [-0.4, -0.2) is 32.3 Å². The molecule has 4 heteroatoms. The largest absolute Gasteiger partial charge is 0.383 e. The summed E-state index contributed by atoms with van der Waals surface area (Å²) < 4.78 is 4.56. The Labute approximate surface area is 48.4 Å². The zero-order valence-electron chi connectivity index (χ0n) is 4.89. The van der Waals surface area contributed by atoms with Gasteiger partial charge in [0.1, 0.15) is 6.79 Å². The van der Waals surface area contributed by atoms with Gasteiger partial charge in [-0.3, -0.25) is 0 Å². The minimum Gasteiger partial charge on any atom is -0.383 e. The molecule has 0 aromatic rings. The Kier molecular flexibility index (Phi) is 21.0. The number of nitrogens with one attached hydrogen (secondary N) is 1. The van der Waals surface area contributed by atoms with Crippen LogP contribution in [0.15, 0.2) is 0 Å². The van der Waals surface area contributed by atoms with E-state index in [9.17, 15) is 0 Å². The fourth-order valence-electron chi connectivity index (χ4n) is 0.148. The average Bonchev–Trinajstić information content (AvgIpc) is 1.88. The number of ether oxygens (including phenoxy) is 1. The van der Waals surface area contributed by atoms with E-state index in [2.05, 4.69) is 4.74 Å². The number of rotatable bonds is 3. The highest BCUT2D eigenvalue weighted by molar-refractivity contribution is 5.10. The van der Waals surface area contributed by atoms with Gasteiger partial charge in [-0.2, -0.15) is 0 Å². The molecule has 0 aromatic heterocycles. The zero-order valence-corrected chi connectivity index (χ0v) is 4.89. The van der Waals surface area contributed by atoms with Crippen LogP contribution in [0, 0.1) is 0 Å². The predicted molar refractivity (Wildman–Crippen MR) is 28.8 cm³/mol. The van der Waals surface area contributed by atoms with Crippen molar-refractivity contribution in [2.24, 2.45) is 0 Å². The third-order valence-electron chi connectivity index (χ3n) is 0.418. The van der Waals surface area contributed by atoms with Crippen LogP contribution in [0.1, 0.15) is 0 Å². The molecule has 0 bridgehead atoms. The van der Waals surface area contributed by atoms with Crippen molar-refractivity contribution in [2.45, 2.75) is 0 Å². The second-order valence-corrected chi connectivity index (χ2v) is 0.901. The van der Waals surface area contributed by atoms with Crippen LogP contribution in [0.25, 0.3) is 0 Å². The molecule has 0 spiro atoms. The van der Waals surface area contributed by atoms with Crippen molar-refractivity contribution in [3.8, 4) is 0 Å². The summed E-state index contributed by atoms with van der Waals surface area (Å²) >= 11 is 0. The highest BCUT2D eigenvalue weighted by Gasteiger charge is 1.73. The Morgan fingerprint density at radius 2 is 2.25 bits per heavy atom. The van der Waals surface area contributed by atoms with Crippen LogP contribution < -0.4 is 5.48 Å². The summed E-state index contributed by atoms with van der Waals surface area (Å²) in [6.45, 7) is 3.05. The van der Waals surface area contributed by atoms with Gasteiger partial charge >= 0.3 is 0 Å². The summed E-state index contributed by atoms with van der Waals surface area (Å²) in [5.41, 5.74) is 1.94. The van der Waals surface area contributed by atoms with Gasteiger partial charge in [-0.15, -0.1) is 0 Å². The molecule has 0 saturated carbocycles. The Morgan fingerprint density at radius 3 is 2.38 bits per heavy atom. The van der Waals surface area contributed by atoms with E-state index in [1.165, 1.54) is 0 Å². The normalized spacial score (nSPS) is 7.25. The van der Waals surface area contributed by atoms with E-state index in [-0.39, 0.29) is 0 Å². The summed E-state index contributed by atoms with van der Waals surface area (Å²) in [4.78, 5) is 8.00. The molecule has 0 aromatic carbocycles. The van der Waals surface area contributed by atoms with Crippen LogP contribution in [0.4, 0.5) is 0 Å². The van der Waals surface area contributed by atoms with Gasteiger partial charge in [-0.25, -0.2) is 5.48 Å². The van der Waals surface area contributed by atoms with Gasteiger partial charge in [-0.05, 0) is 0 Å². The maximum absolute atomic E-state index is 8.00.